The predicted octanol–water partition coefficient (Wildman–Crippen LogP) is 4.47. The molecule has 10 heteroatoms. The highest BCUT2D eigenvalue weighted by atomic mass is 32.2. The molecule has 0 spiro atoms. The SMILES string of the molecule is C=Cn1nc(NC2CCN(S(C)(=O)=O)CC2)c2nc(-c3c(F)cccc3F)c3ccccc3c21. The smallest absolute Gasteiger partial charge is 0.211 e. The van der Waals surface area contributed by atoms with E-state index < -0.39 is 21.7 Å². The number of hydrogen-bond acceptors (Lipinski definition) is 5. The van der Waals surface area contributed by atoms with E-state index in [0.717, 1.165) is 5.39 Å². The summed E-state index contributed by atoms with van der Waals surface area (Å²) in [5.41, 5.74) is 1.13. The van der Waals surface area contributed by atoms with Gasteiger partial charge in [0.15, 0.2) is 5.82 Å². The molecule has 1 N–H and O–H groups in total. The highest BCUT2D eigenvalue weighted by Crippen LogP contribution is 2.37. The fraction of sp³-hybridized carbons (Fsp3) is 0.250. The molecule has 4 aromatic rings. The van der Waals surface area contributed by atoms with Gasteiger partial charge in [-0.2, -0.15) is 0 Å². The van der Waals surface area contributed by atoms with Gasteiger partial charge in [0.1, 0.15) is 22.7 Å². The number of halogens is 2. The lowest BCUT2D eigenvalue weighted by Gasteiger charge is -2.30. The Hall–Kier alpha value is -3.37. The van der Waals surface area contributed by atoms with Gasteiger partial charge in [0, 0.05) is 36.1 Å². The third-order valence-electron chi connectivity index (χ3n) is 6.18. The zero-order valence-electron chi connectivity index (χ0n) is 18.5. The van der Waals surface area contributed by atoms with Crippen LogP contribution in [0.5, 0.6) is 0 Å². The van der Waals surface area contributed by atoms with E-state index in [2.05, 4.69) is 17.0 Å². The summed E-state index contributed by atoms with van der Waals surface area (Å²) in [6.45, 7) is 4.65. The molecule has 3 heterocycles. The van der Waals surface area contributed by atoms with Crippen LogP contribution in [-0.2, 0) is 10.0 Å². The van der Waals surface area contributed by atoms with Gasteiger partial charge >= 0.3 is 0 Å². The first-order valence-corrected chi connectivity index (χ1v) is 12.7. The van der Waals surface area contributed by atoms with Gasteiger partial charge in [-0.1, -0.05) is 36.9 Å². The number of aromatic nitrogens is 3. The quantitative estimate of drug-likeness (QED) is 0.453. The number of nitrogens with one attached hydrogen (secondary N) is 1. The first-order chi connectivity index (χ1) is 16.3. The molecule has 0 saturated carbocycles. The normalized spacial score (nSPS) is 15.7. The average molecular weight is 484 g/mol. The first kappa shape index (κ1) is 22.4. The second-order valence-corrected chi connectivity index (χ2v) is 10.3. The topological polar surface area (TPSA) is 80.1 Å². The van der Waals surface area contributed by atoms with Gasteiger partial charge in [0.2, 0.25) is 10.0 Å². The molecule has 1 aliphatic heterocycles. The zero-order valence-corrected chi connectivity index (χ0v) is 19.3. The van der Waals surface area contributed by atoms with Crippen molar-refractivity contribution in [2.75, 3.05) is 24.7 Å². The largest absolute Gasteiger partial charge is 0.364 e. The molecule has 0 amide bonds. The highest BCUT2D eigenvalue weighted by molar-refractivity contribution is 7.88. The van der Waals surface area contributed by atoms with Crippen molar-refractivity contribution in [1.29, 1.82) is 0 Å². The second kappa shape index (κ2) is 8.44. The maximum atomic E-state index is 14.8. The molecular formula is C24H23F2N5O2S. The van der Waals surface area contributed by atoms with Gasteiger partial charge in [-0.05, 0) is 25.0 Å². The van der Waals surface area contributed by atoms with E-state index in [1.54, 1.807) is 23.0 Å². The summed E-state index contributed by atoms with van der Waals surface area (Å²) in [5.74, 6) is -0.942. The monoisotopic (exact) mass is 483 g/mol. The van der Waals surface area contributed by atoms with Gasteiger partial charge in [-0.3, -0.25) is 0 Å². The average Bonchev–Trinajstić information content (AvgIpc) is 3.16. The predicted molar refractivity (Wildman–Crippen MR) is 130 cm³/mol. The van der Waals surface area contributed by atoms with Crippen LogP contribution in [0.25, 0.3) is 39.3 Å². The van der Waals surface area contributed by atoms with Crippen molar-refractivity contribution in [3.63, 3.8) is 0 Å². The minimum Gasteiger partial charge on any atom is -0.364 e. The number of anilines is 1. The van der Waals surface area contributed by atoms with Crippen molar-refractivity contribution in [1.82, 2.24) is 19.1 Å². The Labute approximate surface area is 195 Å². The van der Waals surface area contributed by atoms with Crippen LogP contribution < -0.4 is 5.32 Å². The van der Waals surface area contributed by atoms with E-state index in [9.17, 15) is 17.2 Å². The van der Waals surface area contributed by atoms with E-state index in [4.69, 9.17) is 4.98 Å². The van der Waals surface area contributed by atoms with Gasteiger partial charge in [0.25, 0.3) is 0 Å². The van der Waals surface area contributed by atoms with Gasteiger partial charge in [0.05, 0.1) is 17.5 Å². The van der Waals surface area contributed by atoms with Crippen molar-refractivity contribution >= 4 is 43.8 Å². The molecule has 176 valence electrons. The van der Waals surface area contributed by atoms with Crippen LogP contribution in [0.3, 0.4) is 0 Å². The molecule has 0 aliphatic carbocycles. The summed E-state index contributed by atoms with van der Waals surface area (Å²) >= 11 is 0. The lowest BCUT2D eigenvalue weighted by Crippen LogP contribution is -2.41. The maximum Gasteiger partial charge on any atom is 0.211 e. The number of fused-ring (bicyclic) bond motifs is 3. The molecule has 1 aliphatic rings. The Bertz CT molecular complexity index is 1510. The minimum atomic E-state index is -3.24. The summed E-state index contributed by atoms with van der Waals surface area (Å²) in [6, 6.07) is 11.0. The Morgan fingerprint density at radius 3 is 2.32 bits per heavy atom. The third kappa shape index (κ3) is 3.82. The van der Waals surface area contributed by atoms with Gasteiger partial charge in [-0.15, -0.1) is 5.10 Å². The lowest BCUT2D eigenvalue weighted by atomic mass is 10.0. The Morgan fingerprint density at radius 1 is 1.06 bits per heavy atom. The van der Waals surface area contributed by atoms with Crippen molar-refractivity contribution in [3.05, 3.63) is 60.7 Å². The third-order valence-corrected chi connectivity index (χ3v) is 7.49. The van der Waals surface area contributed by atoms with E-state index in [-0.39, 0.29) is 17.3 Å². The molecule has 1 fully saturated rings. The molecule has 1 saturated heterocycles. The summed E-state index contributed by atoms with van der Waals surface area (Å²) in [5, 5.41) is 9.30. The summed E-state index contributed by atoms with van der Waals surface area (Å²) in [7, 11) is -3.24. The molecule has 0 atom stereocenters. The van der Waals surface area contributed by atoms with Crippen molar-refractivity contribution in [3.8, 4) is 11.3 Å². The number of piperidine rings is 1. The molecule has 34 heavy (non-hydrogen) atoms. The number of nitrogens with zero attached hydrogens (tertiary/aromatic N) is 4. The number of pyridine rings is 1. The zero-order chi connectivity index (χ0) is 24.0. The van der Waals surface area contributed by atoms with E-state index in [1.807, 2.05) is 12.1 Å². The Morgan fingerprint density at radius 2 is 1.71 bits per heavy atom. The molecule has 0 unspecified atom stereocenters. The molecule has 0 bridgehead atoms. The van der Waals surface area contributed by atoms with Crippen molar-refractivity contribution < 1.29 is 17.2 Å². The van der Waals surface area contributed by atoms with Crippen LogP contribution in [0.4, 0.5) is 14.6 Å². The molecular weight excluding hydrogens is 460 g/mol. The lowest BCUT2D eigenvalue weighted by molar-refractivity contribution is 0.331. The van der Waals surface area contributed by atoms with E-state index >= 15 is 0 Å². The number of hydrogen-bond donors (Lipinski definition) is 1. The van der Waals surface area contributed by atoms with Crippen molar-refractivity contribution in [2.24, 2.45) is 0 Å². The molecule has 0 radical (unpaired) electrons. The van der Waals surface area contributed by atoms with Crippen LogP contribution in [0, 0.1) is 11.6 Å². The van der Waals surface area contributed by atoms with Gasteiger partial charge in [-0.25, -0.2) is 31.2 Å². The summed E-state index contributed by atoms with van der Waals surface area (Å²) < 4.78 is 56.2. The van der Waals surface area contributed by atoms with Crippen LogP contribution in [-0.4, -0.2) is 52.9 Å². The van der Waals surface area contributed by atoms with Crippen LogP contribution in [0.1, 0.15) is 12.8 Å². The Kier molecular flexibility index (Phi) is 5.57. The number of sulfonamides is 1. The molecule has 7 nitrogen and oxygen atoms in total. The van der Waals surface area contributed by atoms with E-state index in [1.165, 1.54) is 28.8 Å². The summed E-state index contributed by atoms with van der Waals surface area (Å²) in [4.78, 5) is 4.70. The highest BCUT2D eigenvalue weighted by Gasteiger charge is 2.27. The minimum absolute atomic E-state index is 0.0312. The fourth-order valence-corrected chi connectivity index (χ4v) is 5.39. The van der Waals surface area contributed by atoms with Crippen molar-refractivity contribution in [2.45, 2.75) is 18.9 Å². The first-order valence-electron chi connectivity index (χ1n) is 10.9. The second-order valence-electron chi connectivity index (χ2n) is 8.36. The fourth-order valence-electron chi connectivity index (χ4n) is 4.52. The molecule has 5 rings (SSSR count). The van der Waals surface area contributed by atoms with Crippen LogP contribution in [0.2, 0.25) is 0 Å². The molecule has 2 aromatic heterocycles. The number of rotatable bonds is 5. The Balaban J connectivity index is 1.65. The number of benzene rings is 2. The maximum absolute atomic E-state index is 14.8. The van der Waals surface area contributed by atoms with Gasteiger partial charge < -0.3 is 5.32 Å². The van der Waals surface area contributed by atoms with E-state index in [0.29, 0.717) is 48.2 Å². The standard InChI is InChI=1S/C24H23F2N5O2S/c1-3-31-23-17-8-5-4-7-16(17)21(20-18(25)9-6-10-19(20)26)28-22(23)24(29-31)27-15-11-13-30(14-12-15)34(2,32)33/h3-10,15H,1,11-14H2,2H3,(H,27,29). The van der Waals surface area contributed by atoms with Crippen LogP contribution in [0.15, 0.2) is 49.0 Å². The molecule has 2 aromatic carbocycles. The summed E-state index contributed by atoms with van der Waals surface area (Å²) in [6.07, 6.45) is 3.95. The van der Waals surface area contributed by atoms with Crippen LogP contribution >= 0.6 is 0 Å².